The molecule has 6 heteroatoms. The number of fused-ring (bicyclic) bond motifs is 1. The predicted octanol–water partition coefficient (Wildman–Crippen LogP) is 1.75. The zero-order valence-electron chi connectivity index (χ0n) is 13.0. The molecule has 118 valence electrons. The molecular formula is C16H23N5O. The van der Waals surface area contributed by atoms with Crippen molar-refractivity contribution in [3.8, 4) is 0 Å². The Hall–Kier alpha value is -1.95. The lowest BCUT2D eigenvalue weighted by Crippen LogP contribution is -2.49. The number of nitrogens with one attached hydrogen (secondary N) is 1. The van der Waals surface area contributed by atoms with Crippen LogP contribution in [0, 0.1) is 0 Å². The third kappa shape index (κ3) is 2.97. The van der Waals surface area contributed by atoms with Crippen LogP contribution in [0.5, 0.6) is 0 Å². The number of aryl methyl sites for hydroxylation is 1. The molecule has 1 fully saturated rings. The van der Waals surface area contributed by atoms with Gasteiger partial charge < -0.3 is 11.1 Å². The molecule has 1 aliphatic carbocycles. The lowest BCUT2D eigenvalue weighted by molar-refractivity contribution is 0.0942. The SMILES string of the molecule is Cn1nnc2cccc(C(=O)NCC3(N)CCCCCC3)c21. The molecule has 0 saturated heterocycles. The highest BCUT2D eigenvalue weighted by Gasteiger charge is 2.27. The fourth-order valence-corrected chi connectivity index (χ4v) is 3.26. The second-order valence-corrected chi connectivity index (χ2v) is 6.35. The maximum Gasteiger partial charge on any atom is 0.253 e. The summed E-state index contributed by atoms with van der Waals surface area (Å²) in [4.78, 5) is 12.5. The Morgan fingerprint density at radius 1 is 1.32 bits per heavy atom. The average molecular weight is 301 g/mol. The third-order valence-electron chi connectivity index (χ3n) is 4.57. The summed E-state index contributed by atoms with van der Waals surface area (Å²) in [5.74, 6) is -0.106. The van der Waals surface area contributed by atoms with Crippen LogP contribution in [-0.2, 0) is 7.05 Å². The van der Waals surface area contributed by atoms with Gasteiger partial charge in [-0.1, -0.05) is 37.0 Å². The van der Waals surface area contributed by atoms with E-state index in [0.29, 0.717) is 12.1 Å². The van der Waals surface area contributed by atoms with Crippen molar-refractivity contribution in [3.63, 3.8) is 0 Å². The second kappa shape index (κ2) is 6.04. The van der Waals surface area contributed by atoms with Gasteiger partial charge in [0.2, 0.25) is 0 Å². The number of carbonyl (C=O) groups is 1. The monoisotopic (exact) mass is 301 g/mol. The van der Waals surface area contributed by atoms with Crippen LogP contribution >= 0.6 is 0 Å². The summed E-state index contributed by atoms with van der Waals surface area (Å²) in [6, 6.07) is 5.49. The summed E-state index contributed by atoms with van der Waals surface area (Å²) in [6.45, 7) is 0.521. The number of carbonyl (C=O) groups excluding carboxylic acids is 1. The number of hydrogen-bond donors (Lipinski definition) is 2. The van der Waals surface area contributed by atoms with Gasteiger partial charge in [-0.2, -0.15) is 0 Å². The molecule has 1 saturated carbocycles. The molecule has 1 amide bonds. The number of nitrogens with zero attached hydrogens (tertiary/aromatic N) is 3. The molecule has 2 aromatic rings. The average Bonchev–Trinajstić information content (AvgIpc) is 2.76. The van der Waals surface area contributed by atoms with E-state index in [0.717, 1.165) is 36.7 Å². The van der Waals surface area contributed by atoms with Gasteiger partial charge in [0.05, 0.1) is 5.56 Å². The predicted molar refractivity (Wildman–Crippen MR) is 85.5 cm³/mol. The van der Waals surface area contributed by atoms with E-state index in [2.05, 4.69) is 15.6 Å². The molecule has 1 aliphatic rings. The quantitative estimate of drug-likeness (QED) is 0.846. The minimum absolute atomic E-state index is 0.106. The van der Waals surface area contributed by atoms with Gasteiger partial charge in [-0.05, 0) is 25.0 Å². The maximum absolute atomic E-state index is 12.5. The summed E-state index contributed by atoms with van der Waals surface area (Å²) >= 11 is 0. The van der Waals surface area contributed by atoms with Crippen molar-refractivity contribution >= 4 is 16.9 Å². The maximum atomic E-state index is 12.5. The van der Waals surface area contributed by atoms with E-state index in [1.165, 1.54) is 12.8 Å². The van der Waals surface area contributed by atoms with E-state index in [4.69, 9.17) is 5.73 Å². The number of nitrogens with two attached hydrogens (primary N) is 1. The van der Waals surface area contributed by atoms with Crippen LogP contribution < -0.4 is 11.1 Å². The Labute approximate surface area is 130 Å². The molecule has 1 aromatic carbocycles. The van der Waals surface area contributed by atoms with Gasteiger partial charge in [-0.3, -0.25) is 4.79 Å². The first-order valence-corrected chi connectivity index (χ1v) is 7.95. The van der Waals surface area contributed by atoms with E-state index in [1.54, 1.807) is 17.8 Å². The first-order valence-electron chi connectivity index (χ1n) is 7.95. The lowest BCUT2D eigenvalue weighted by Gasteiger charge is -2.28. The Kier molecular flexibility index (Phi) is 4.11. The number of para-hydroxylation sites is 1. The largest absolute Gasteiger partial charge is 0.350 e. The number of amides is 1. The summed E-state index contributed by atoms with van der Waals surface area (Å²) < 4.78 is 1.63. The Morgan fingerprint density at radius 2 is 2.05 bits per heavy atom. The van der Waals surface area contributed by atoms with Gasteiger partial charge in [-0.15, -0.1) is 5.10 Å². The summed E-state index contributed by atoms with van der Waals surface area (Å²) in [7, 11) is 1.79. The van der Waals surface area contributed by atoms with Crippen LogP contribution in [0.1, 0.15) is 48.9 Å². The van der Waals surface area contributed by atoms with Gasteiger partial charge in [0.15, 0.2) is 0 Å². The summed E-state index contributed by atoms with van der Waals surface area (Å²) in [5, 5.41) is 11.0. The van der Waals surface area contributed by atoms with Crippen molar-refractivity contribution in [3.05, 3.63) is 23.8 Å². The van der Waals surface area contributed by atoms with Gasteiger partial charge in [0.1, 0.15) is 11.0 Å². The normalized spacial score (nSPS) is 18.1. The summed E-state index contributed by atoms with van der Waals surface area (Å²) in [6.07, 6.45) is 6.73. The van der Waals surface area contributed by atoms with Gasteiger partial charge in [-0.25, -0.2) is 4.68 Å². The standard InChI is InChI=1S/C16H23N5O/c1-21-14-12(7-6-8-13(14)19-20-21)15(22)18-11-16(17)9-4-2-3-5-10-16/h6-8H,2-5,9-11,17H2,1H3,(H,18,22). The minimum atomic E-state index is -0.273. The Bertz CT molecular complexity index is 670. The zero-order valence-corrected chi connectivity index (χ0v) is 13.0. The Balaban J connectivity index is 1.75. The third-order valence-corrected chi connectivity index (χ3v) is 4.57. The van der Waals surface area contributed by atoms with Crippen LogP contribution in [0.15, 0.2) is 18.2 Å². The minimum Gasteiger partial charge on any atom is -0.350 e. The van der Waals surface area contributed by atoms with Gasteiger partial charge in [0.25, 0.3) is 5.91 Å². The van der Waals surface area contributed by atoms with Crippen LogP contribution in [0.2, 0.25) is 0 Å². The van der Waals surface area contributed by atoms with E-state index in [-0.39, 0.29) is 11.4 Å². The first kappa shape index (κ1) is 15.0. The molecule has 3 rings (SSSR count). The molecule has 0 atom stereocenters. The molecule has 6 nitrogen and oxygen atoms in total. The highest BCUT2D eigenvalue weighted by atomic mass is 16.1. The van der Waals surface area contributed by atoms with Crippen LogP contribution in [0.25, 0.3) is 11.0 Å². The molecule has 0 bridgehead atoms. The van der Waals surface area contributed by atoms with E-state index in [9.17, 15) is 4.79 Å². The molecule has 3 N–H and O–H groups in total. The van der Waals surface area contributed by atoms with Crippen molar-refractivity contribution in [2.24, 2.45) is 12.8 Å². The molecule has 0 aliphatic heterocycles. The van der Waals surface area contributed by atoms with Crippen molar-refractivity contribution in [2.75, 3.05) is 6.54 Å². The topological polar surface area (TPSA) is 85.8 Å². The van der Waals surface area contributed by atoms with Crippen molar-refractivity contribution in [1.29, 1.82) is 0 Å². The van der Waals surface area contributed by atoms with Crippen molar-refractivity contribution in [1.82, 2.24) is 20.3 Å². The number of benzene rings is 1. The van der Waals surface area contributed by atoms with Crippen LogP contribution in [0.3, 0.4) is 0 Å². The van der Waals surface area contributed by atoms with Crippen LogP contribution in [0.4, 0.5) is 0 Å². The fourth-order valence-electron chi connectivity index (χ4n) is 3.26. The van der Waals surface area contributed by atoms with E-state index < -0.39 is 0 Å². The van der Waals surface area contributed by atoms with Crippen LogP contribution in [-0.4, -0.2) is 33.0 Å². The first-order chi connectivity index (χ1) is 10.6. The highest BCUT2D eigenvalue weighted by Crippen LogP contribution is 2.24. The smallest absolute Gasteiger partial charge is 0.253 e. The second-order valence-electron chi connectivity index (χ2n) is 6.35. The lowest BCUT2D eigenvalue weighted by atomic mass is 9.91. The van der Waals surface area contributed by atoms with Gasteiger partial charge >= 0.3 is 0 Å². The molecule has 1 aromatic heterocycles. The fraction of sp³-hybridized carbons (Fsp3) is 0.562. The zero-order chi connectivity index (χ0) is 15.6. The van der Waals surface area contributed by atoms with Gasteiger partial charge in [0, 0.05) is 19.1 Å². The summed E-state index contributed by atoms with van der Waals surface area (Å²) in [5.41, 5.74) is 8.27. The highest BCUT2D eigenvalue weighted by molar-refractivity contribution is 6.04. The molecule has 0 spiro atoms. The number of aromatic nitrogens is 3. The van der Waals surface area contributed by atoms with E-state index >= 15 is 0 Å². The number of rotatable bonds is 3. The molecule has 22 heavy (non-hydrogen) atoms. The number of hydrogen-bond acceptors (Lipinski definition) is 4. The molecule has 0 radical (unpaired) electrons. The van der Waals surface area contributed by atoms with Crippen molar-refractivity contribution < 1.29 is 4.79 Å². The molecular weight excluding hydrogens is 278 g/mol. The van der Waals surface area contributed by atoms with E-state index in [1.807, 2.05) is 12.1 Å². The molecule has 1 heterocycles. The molecule has 0 unspecified atom stereocenters. The van der Waals surface area contributed by atoms with Crippen molar-refractivity contribution in [2.45, 2.75) is 44.1 Å². The Morgan fingerprint density at radius 3 is 2.77 bits per heavy atom.